The molecule has 2 aliphatic carbocycles. The van der Waals surface area contributed by atoms with Crippen LogP contribution in [0.25, 0.3) is 0 Å². The van der Waals surface area contributed by atoms with Crippen molar-refractivity contribution in [3.63, 3.8) is 0 Å². The maximum Gasteiger partial charge on any atom is 0.243 e. The highest BCUT2D eigenvalue weighted by atomic mass is 79.9. The van der Waals surface area contributed by atoms with Gasteiger partial charge < -0.3 is 5.32 Å². The van der Waals surface area contributed by atoms with Crippen molar-refractivity contribution in [2.45, 2.75) is 87.6 Å². The third-order valence-electron chi connectivity index (χ3n) is 5.92. The first-order valence-corrected chi connectivity index (χ1v) is 12.8. The van der Waals surface area contributed by atoms with Crippen molar-refractivity contribution in [3.05, 3.63) is 28.7 Å². The maximum absolute atomic E-state index is 13.4. The fraction of sp³-hybridized carbons (Fsp3) is 0.667. The Bertz CT molecular complexity index is 737. The van der Waals surface area contributed by atoms with Crippen LogP contribution in [0, 0.1) is 0 Å². The van der Waals surface area contributed by atoms with Crippen LogP contribution < -0.4 is 5.32 Å². The zero-order valence-corrected chi connectivity index (χ0v) is 18.8. The lowest BCUT2D eigenvalue weighted by Gasteiger charge is -2.33. The number of sulfonamides is 1. The predicted molar refractivity (Wildman–Crippen MR) is 115 cm³/mol. The number of rotatable bonds is 6. The standard InChI is InChI=1S/C21H31BrN2O3S/c22-17-12-14-20(15-13-17)28(26,27)24(19-10-6-3-7-11-19)16-21(25)23-18-8-4-1-2-5-9-18/h12-15,18-19H,1-11,16H2,(H,23,25). The van der Waals surface area contributed by atoms with Gasteiger partial charge in [0.1, 0.15) is 0 Å². The molecule has 2 aliphatic rings. The summed E-state index contributed by atoms with van der Waals surface area (Å²) in [5.41, 5.74) is 0. The summed E-state index contributed by atoms with van der Waals surface area (Å²) in [6, 6.07) is 6.77. The minimum Gasteiger partial charge on any atom is -0.352 e. The van der Waals surface area contributed by atoms with E-state index in [0.717, 1.165) is 62.3 Å². The average Bonchev–Trinajstić information content (AvgIpc) is 2.95. The van der Waals surface area contributed by atoms with Crippen LogP contribution in [0.5, 0.6) is 0 Å². The smallest absolute Gasteiger partial charge is 0.243 e. The van der Waals surface area contributed by atoms with Crippen LogP contribution in [0.15, 0.2) is 33.6 Å². The van der Waals surface area contributed by atoms with E-state index in [1.807, 2.05) is 0 Å². The van der Waals surface area contributed by atoms with Crippen molar-refractivity contribution in [3.8, 4) is 0 Å². The van der Waals surface area contributed by atoms with E-state index < -0.39 is 10.0 Å². The van der Waals surface area contributed by atoms with Crippen LogP contribution in [0.2, 0.25) is 0 Å². The molecule has 0 bridgehead atoms. The largest absolute Gasteiger partial charge is 0.352 e. The molecular formula is C21H31BrN2O3S. The van der Waals surface area contributed by atoms with Crippen molar-refractivity contribution in [1.82, 2.24) is 9.62 Å². The molecule has 0 spiro atoms. The quantitative estimate of drug-likeness (QED) is 0.617. The lowest BCUT2D eigenvalue weighted by atomic mass is 9.95. The molecule has 1 aromatic carbocycles. The van der Waals surface area contributed by atoms with Crippen LogP contribution >= 0.6 is 15.9 Å². The van der Waals surface area contributed by atoms with E-state index in [9.17, 15) is 13.2 Å². The first-order chi connectivity index (χ1) is 13.5. The molecule has 0 heterocycles. The number of halogens is 1. The zero-order valence-electron chi connectivity index (χ0n) is 16.4. The molecule has 3 rings (SSSR count). The van der Waals surface area contributed by atoms with Gasteiger partial charge in [0.2, 0.25) is 15.9 Å². The van der Waals surface area contributed by atoms with Gasteiger partial charge in [-0.15, -0.1) is 0 Å². The Morgan fingerprint density at radius 1 is 0.929 bits per heavy atom. The van der Waals surface area contributed by atoms with Crippen LogP contribution in [0.4, 0.5) is 0 Å². The molecule has 0 saturated heterocycles. The third kappa shape index (κ3) is 5.80. The molecule has 0 atom stereocenters. The van der Waals surface area contributed by atoms with Crippen molar-refractivity contribution in [1.29, 1.82) is 0 Å². The summed E-state index contributed by atoms with van der Waals surface area (Å²) in [5, 5.41) is 3.11. The maximum atomic E-state index is 13.4. The molecule has 2 saturated carbocycles. The van der Waals surface area contributed by atoms with Gasteiger partial charge in [0.15, 0.2) is 0 Å². The molecule has 2 fully saturated rings. The summed E-state index contributed by atoms with van der Waals surface area (Å²) in [6.07, 6.45) is 11.5. The number of benzene rings is 1. The van der Waals surface area contributed by atoms with E-state index in [4.69, 9.17) is 0 Å². The minimum absolute atomic E-state index is 0.0838. The van der Waals surface area contributed by atoms with Crippen molar-refractivity contribution < 1.29 is 13.2 Å². The van der Waals surface area contributed by atoms with Gasteiger partial charge in [-0.1, -0.05) is 60.9 Å². The number of nitrogens with one attached hydrogen (secondary N) is 1. The molecule has 5 nitrogen and oxygen atoms in total. The Balaban J connectivity index is 1.76. The second-order valence-corrected chi connectivity index (χ2v) is 10.9. The lowest BCUT2D eigenvalue weighted by molar-refractivity contribution is -0.122. The first-order valence-electron chi connectivity index (χ1n) is 10.5. The average molecular weight is 471 g/mol. The first kappa shape index (κ1) is 21.8. The summed E-state index contributed by atoms with van der Waals surface area (Å²) in [7, 11) is -3.71. The van der Waals surface area contributed by atoms with Crippen molar-refractivity contribution >= 4 is 31.9 Å². The molecule has 1 aromatic rings. The zero-order chi connectivity index (χ0) is 20.0. The molecule has 0 aliphatic heterocycles. The van der Waals surface area contributed by atoms with Gasteiger partial charge in [-0.25, -0.2) is 8.42 Å². The van der Waals surface area contributed by atoms with Gasteiger partial charge >= 0.3 is 0 Å². The number of carbonyl (C=O) groups is 1. The predicted octanol–water partition coefficient (Wildman–Crippen LogP) is 4.61. The topological polar surface area (TPSA) is 66.5 Å². The molecule has 1 N–H and O–H groups in total. The lowest BCUT2D eigenvalue weighted by Crippen LogP contribution is -2.48. The Hall–Kier alpha value is -0.920. The number of hydrogen-bond donors (Lipinski definition) is 1. The van der Waals surface area contributed by atoms with Crippen LogP contribution in [-0.4, -0.2) is 37.3 Å². The van der Waals surface area contributed by atoms with Crippen molar-refractivity contribution in [2.75, 3.05) is 6.54 Å². The minimum atomic E-state index is -3.71. The van der Waals surface area contributed by atoms with Gasteiger partial charge in [0.25, 0.3) is 0 Å². The highest BCUT2D eigenvalue weighted by molar-refractivity contribution is 9.10. The van der Waals surface area contributed by atoms with Crippen LogP contribution in [0.3, 0.4) is 0 Å². The summed E-state index contributed by atoms with van der Waals surface area (Å²) in [4.78, 5) is 13.0. The monoisotopic (exact) mass is 470 g/mol. The van der Waals surface area contributed by atoms with Gasteiger partial charge in [-0.3, -0.25) is 4.79 Å². The van der Waals surface area contributed by atoms with Crippen LogP contribution in [0.1, 0.15) is 70.6 Å². The Morgan fingerprint density at radius 3 is 2.07 bits per heavy atom. The summed E-state index contributed by atoms with van der Waals surface area (Å²) >= 11 is 3.36. The molecule has 0 radical (unpaired) electrons. The summed E-state index contributed by atoms with van der Waals surface area (Å²) in [6.45, 7) is -0.0838. The van der Waals surface area contributed by atoms with Crippen molar-refractivity contribution in [2.24, 2.45) is 0 Å². The van der Waals surface area contributed by atoms with Gasteiger partial charge in [0.05, 0.1) is 11.4 Å². The summed E-state index contributed by atoms with van der Waals surface area (Å²) < 4.78 is 29.0. The highest BCUT2D eigenvalue weighted by Gasteiger charge is 2.34. The SMILES string of the molecule is O=C(CN(C1CCCCC1)S(=O)(=O)c1ccc(Br)cc1)NC1CCCCCC1. The molecule has 0 aromatic heterocycles. The Morgan fingerprint density at radius 2 is 1.46 bits per heavy atom. The molecule has 156 valence electrons. The van der Waals surface area contributed by atoms with E-state index in [0.29, 0.717) is 0 Å². The number of hydrogen-bond acceptors (Lipinski definition) is 3. The van der Waals surface area contributed by atoms with E-state index in [1.165, 1.54) is 17.1 Å². The summed E-state index contributed by atoms with van der Waals surface area (Å²) in [5.74, 6) is -0.168. The highest BCUT2D eigenvalue weighted by Crippen LogP contribution is 2.28. The number of carbonyl (C=O) groups excluding carboxylic acids is 1. The Labute approximate surface area is 177 Å². The Kier molecular flexibility index (Phi) is 7.94. The second kappa shape index (κ2) is 10.2. The molecular weight excluding hydrogens is 440 g/mol. The third-order valence-corrected chi connectivity index (χ3v) is 8.36. The van der Waals surface area contributed by atoms with Gasteiger partial charge in [-0.05, 0) is 49.9 Å². The van der Waals surface area contributed by atoms with Gasteiger partial charge in [0, 0.05) is 16.6 Å². The molecule has 0 unspecified atom stereocenters. The molecule has 28 heavy (non-hydrogen) atoms. The second-order valence-electron chi connectivity index (χ2n) is 8.05. The fourth-order valence-corrected chi connectivity index (χ4v) is 6.27. The van der Waals surface area contributed by atoms with Crippen LogP contribution in [-0.2, 0) is 14.8 Å². The normalized spacial score (nSPS) is 20.1. The fourth-order valence-electron chi connectivity index (χ4n) is 4.36. The van der Waals surface area contributed by atoms with E-state index in [1.54, 1.807) is 24.3 Å². The van der Waals surface area contributed by atoms with E-state index in [2.05, 4.69) is 21.2 Å². The van der Waals surface area contributed by atoms with E-state index in [-0.39, 0.29) is 29.4 Å². The molecule has 1 amide bonds. The number of nitrogens with zero attached hydrogens (tertiary/aromatic N) is 1. The van der Waals surface area contributed by atoms with Gasteiger partial charge in [-0.2, -0.15) is 4.31 Å². The van der Waals surface area contributed by atoms with E-state index >= 15 is 0 Å². The number of amides is 1. The molecule has 7 heteroatoms.